The van der Waals surface area contributed by atoms with E-state index < -0.39 is 0 Å². The van der Waals surface area contributed by atoms with Crippen molar-refractivity contribution < 1.29 is 14.2 Å². The molecule has 0 amide bonds. The van der Waals surface area contributed by atoms with Crippen LogP contribution in [0.5, 0.6) is 17.2 Å². The van der Waals surface area contributed by atoms with Gasteiger partial charge in [0.1, 0.15) is 5.75 Å². The topological polar surface area (TPSA) is 39.7 Å². The number of methoxy groups -OCH3 is 3. The molecule has 1 atom stereocenters. The maximum atomic E-state index is 5.64. The van der Waals surface area contributed by atoms with Crippen LogP contribution >= 0.6 is 0 Å². The summed E-state index contributed by atoms with van der Waals surface area (Å²) in [4.78, 5) is 0. The molecule has 0 aromatic heterocycles. The van der Waals surface area contributed by atoms with Crippen molar-refractivity contribution >= 4 is 0 Å². The van der Waals surface area contributed by atoms with Crippen molar-refractivity contribution in [3.63, 3.8) is 0 Å². The molecule has 0 radical (unpaired) electrons. The first kappa shape index (κ1) is 16.7. The summed E-state index contributed by atoms with van der Waals surface area (Å²) in [6, 6.07) is 8.49. The van der Waals surface area contributed by atoms with Gasteiger partial charge in [-0.2, -0.15) is 0 Å². The fourth-order valence-corrected chi connectivity index (χ4v) is 3.61. The molecular formula is C20H25NO3. The van der Waals surface area contributed by atoms with Gasteiger partial charge in [-0.25, -0.2) is 0 Å². The zero-order chi connectivity index (χ0) is 17.3. The number of ether oxygens (including phenoxy) is 3. The van der Waals surface area contributed by atoms with Crippen molar-refractivity contribution in [2.24, 2.45) is 0 Å². The average molecular weight is 327 g/mol. The Bertz CT molecular complexity index is 755. The van der Waals surface area contributed by atoms with Gasteiger partial charge >= 0.3 is 0 Å². The van der Waals surface area contributed by atoms with Crippen LogP contribution in [0.4, 0.5) is 0 Å². The van der Waals surface area contributed by atoms with Crippen LogP contribution in [0.1, 0.15) is 33.9 Å². The second kappa shape index (κ2) is 6.73. The van der Waals surface area contributed by atoms with E-state index in [0.29, 0.717) is 0 Å². The first-order valence-electron chi connectivity index (χ1n) is 8.23. The van der Waals surface area contributed by atoms with Gasteiger partial charge in [-0.3, -0.25) is 0 Å². The third-order valence-corrected chi connectivity index (χ3v) is 5.03. The first-order valence-corrected chi connectivity index (χ1v) is 8.23. The van der Waals surface area contributed by atoms with Crippen LogP contribution in [0.2, 0.25) is 0 Å². The SMILES string of the molecule is COc1ccc(C2NCCc3c2ccc(OC)c3OC)c(C)c1C. The summed E-state index contributed by atoms with van der Waals surface area (Å²) < 4.78 is 16.5. The Balaban J connectivity index is 2.13. The normalized spacial score (nSPS) is 16.5. The van der Waals surface area contributed by atoms with Crippen LogP contribution in [-0.2, 0) is 6.42 Å². The van der Waals surface area contributed by atoms with Crippen molar-refractivity contribution in [3.05, 3.63) is 52.1 Å². The summed E-state index contributed by atoms with van der Waals surface area (Å²) in [5.41, 5.74) is 6.21. The standard InChI is InChI=1S/C20H25NO3/c1-12-13(2)17(22-3)8-6-14(12)19-15-7-9-18(23-4)20(24-5)16(15)10-11-21-19/h6-9,19,21H,10-11H2,1-5H3. The minimum Gasteiger partial charge on any atom is -0.496 e. The molecule has 0 aliphatic carbocycles. The molecule has 0 spiro atoms. The second-order valence-corrected chi connectivity index (χ2v) is 6.11. The molecule has 1 heterocycles. The van der Waals surface area contributed by atoms with Crippen LogP contribution < -0.4 is 19.5 Å². The number of rotatable bonds is 4. The number of benzene rings is 2. The summed E-state index contributed by atoms with van der Waals surface area (Å²) in [7, 11) is 5.10. The van der Waals surface area contributed by atoms with E-state index in [2.05, 4.69) is 31.3 Å². The number of hydrogen-bond acceptors (Lipinski definition) is 4. The van der Waals surface area contributed by atoms with E-state index in [-0.39, 0.29) is 6.04 Å². The zero-order valence-electron chi connectivity index (χ0n) is 15.0. The van der Waals surface area contributed by atoms with Crippen molar-refractivity contribution in [2.45, 2.75) is 26.3 Å². The van der Waals surface area contributed by atoms with Gasteiger partial charge < -0.3 is 19.5 Å². The highest BCUT2D eigenvalue weighted by molar-refractivity contribution is 5.56. The van der Waals surface area contributed by atoms with Gasteiger partial charge in [-0.1, -0.05) is 12.1 Å². The van der Waals surface area contributed by atoms with E-state index in [9.17, 15) is 0 Å². The zero-order valence-corrected chi connectivity index (χ0v) is 15.0. The molecule has 1 aliphatic rings. The van der Waals surface area contributed by atoms with E-state index in [1.54, 1.807) is 21.3 Å². The Labute approximate surface area is 143 Å². The van der Waals surface area contributed by atoms with Crippen molar-refractivity contribution in [1.82, 2.24) is 5.32 Å². The highest BCUT2D eigenvalue weighted by atomic mass is 16.5. The molecule has 1 N–H and O–H groups in total. The Hall–Kier alpha value is -2.20. The van der Waals surface area contributed by atoms with Gasteiger partial charge in [-0.05, 0) is 54.7 Å². The minimum atomic E-state index is 0.151. The molecule has 0 bridgehead atoms. The molecule has 24 heavy (non-hydrogen) atoms. The third kappa shape index (κ3) is 2.61. The lowest BCUT2D eigenvalue weighted by Crippen LogP contribution is -2.31. The quantitative estimate of drug-likeness (QED) is 0.932. The molecule has 4 nitrogen and oxygen atoms in total. The molecule has 0 saturated heterocycles. The fraction of sp³-hybridized carbons (Fsp3) is 0.400. The lowest BCUT2D eigenvalue weighted by atomic mass is 9.86. The molecule has 1 unspecified atom stereocenters. The highest BCUT2D eigenvalue weighted by Gasteiger charge is 2.27. The predicted molar refractivity (Wildman–Crippen MR) is 95.6 cm³/mol. The van der Waals surface area contributed by atoms with Crippen LogP contribution in [0.25, 0.3) is 0 Å². The fourth-order valence-electron chi connectivity index (χ4n) is 3.61. The largest absolute Gasteiger partial charge is 0.496 e. The molecule has 3 rings (SSSR count). The van der Waals surface area contributed by atoms with E-state index in [1.165, 1.54) is 27.8 Å². The Morgan fingerprint density at radius 3 is 2.17 bits per heavy atom. The molecule has 2 aromatic carbocycles. The maximum absolute atomic E-state index is 5.64. The first-order chi connectivity index (χ1) is 11.6. The summed E-state index contributed by atoms with van der Waals surface area (Å²) >= 11 is 0. The summed E-state index contributed by atoms with van der Waals surface area (Å²) in [6.07, 6.45) is 0.931. The Morgan fingerprint density at radius 1 is 0.833 bits per heavy atom. The van der Waals surface area contributed by atoms with Gasteiger partial charge in [0.2, 0.25) is 0 Å². The Morgan fingerprint density at radius 2 is 1.50 bits per heavy atom. The summed E-state index contributed by atoms with van der Waals surface area (Å²) in [5, 5.41) is 3.65. The number of hydrogen-bond donors (Lipinski definition) is 1. The van der Waals surface area contributed by atoms with Gasteiger partial charge in [0.05, 0.1) is 27.4 Å². The molecular weight excluding hydrogens is 302 g/mol. The summed E-state index contributed by atoms with van der Waals surface area (Å²) in [6.45, 7) is 5.17. The maximum Gasteiger partial charge on any atom is 0.164 e. The molecule has 0 saturated carbocycles. The van der Waals surface area contributed by atoms with Crippen LogP contribution in [0.15, 0.2) is 24.3 Å². The van der Waals surface area contributed by atoms with Crippen LogP contribution in [0.3, 0.4) is 0 Å². The van der Waals surface area contributed by atoms with Crippen molar-refractivity contribution in [1.29, 1.82) is 0 Å². The monoisotopic (exact) mass is 327 g/mol. The minimum absolute atomic E-state index is 0.151. The summed E-state index contributed by atoms with van der Waals surface area (Å²) in [5.74, 6) is 2.57. The molecule has 2 aromatic rings. The van der Waals surface area contributed by atoms with Gasteiger partial charge in [0.25, 0.3) is 0 Å². The highest BCUT2D eigenvalue weighted by Crippen LogP contribution is 2.41. The van der Waals surface area contributed by atoms with E-state index in [0.717, 1.165) is 30.2 Å². The lowest BCUT2D eigenvalue weighted by molar-refractivity contribution is 0.348. The van der Waals surface area contributed by atoms with Gasteiger partial charge in [0, 0.05) is 12.1 Å². The smallest absolute Gasteiger partial charge is 0.164 e. The van der Waals surface area contributed by atoms with E-state index >= 15 is 0 Å². The van der Waals surface area contributed by atoms with Crippen LogP contribution in [0, 0.1) is 13.8 Å². The van der Waals surface area contributed by atoms with Crippen LogP contribution in [-0.4, -0.2) is 27.9 Å². The third-order valence-electron chi connectivity index (χ3n) is 5.03. The van der Waals surface area contributed by atoms with Crippen molar-refractivity contribution in [2.75, 3.05) is 27.9 Å². The molecule has 1 aliphatic heterocycles. The van der Waals surface area contributed by atoms with Gasteiger partial charge in [0.15, 0.2) is 11.5 Å². The van der Waals surface area contributed by atoms with Gasteiger partial charge in [-0.15, -0.1) is 0 Å². The Kier molecular flexibility index (Phi) is 4.67. The van der Waals surface area contributed by atoms with E-state index in [4.69, 9.17) is 14.2 Å². The number of nitrogens with one attached hydrogen (secondary N) is 1. The van der Waals surface area contributed by atoms with Crippen molar-refractivity contribution in [3.8, 4) is 17.2 Å². The molecule has 4 heteroatoms. The van der Waals surface area contributed by atoms with E-state index in [1.807, 2.05) is 12.1 Å². The number of fused-ring (bicyclic) bond motifs is 1. The second-order valence-electron chi connectivity index (χ2n) is 6.11. The molecule has 128 valence electrons. The predicted octanol–water partition coefficient (Wildman–Crippen LogP) is 3.56. The lowest BCUT2D eigenvalue weighted by Gasteiger charge is -2.30. The molecule has 0 fully saturated rings. The average Bonchev–Trinajstić information content (AvgIpc) is 2.62.